The average molecular weight is 375 g/mol. The molecule has 0 spiro atoms. The van der Waals surface area contributed by atoms with E-state index in [9.17, 15) is 4.79 Å². The highest BCUT2D eigenvalue weighted by atomic mass is 32.1. The van der Waals surface area contributed by atoms with E-state index >= 15 is 0 Å². The first-order valence-corrected chi connectivity index (χ1v) is 10.0. The van der Waals surface area contributed by atoms with Crippen LogP contribution in [-0.4, -0.2) is 37.0 Å². The molecule has 0 aliphatic carbocycles. The number of carbonyl (C=O) groups is 1. The molecule has 0 bridgehead atoms. The number of rotatable bonds is 4. The van der Waals surface area contributed by atoms with Crippen molar-refractivity contribution in [2.45, 2.75) is 0 Å². The summed E-state index contributed by atoms with van der Waals surface area (Å²) in [5.41, 5.74) is 2.44. The smallest absolute Gasteiger partial charge is 0.246 e. The van der Waals surface area contributed by atoms with Gasteiger partial charge < -0.3 is 9.80 Å². The molecule has 136 valence electrons. The first-order valence-electron chi connectivity index (χ1n) is 9.22. The zero-order valence-electron chi connectivity index (χ0n) is 15.1. The van der Waals surface area contributed by atoms with Crippen LogP contribution in [0.2, 0.25) is 0 Å². The van der Waals surface area contributed by atoms with Gasteiger partial charge in [-0.1, -0.05) is 48.5 Å². The summed E-state index contributed by atoms with van der Waals surface area (Å²) >= 11 is 1.71. The lowest BCUT2D eigenvalue weighted by Crippen LogP contribution is -2.48. The number of thiophene rings is 1. The van der Waals surface area contributed by atoms with Gasteiger partial charge in [-0.2, -0.15) is 0 Å². The molecule has 1 saturated heterocycles. The van der Waals surface area contributed by atoms with E-state index in [1.54, 1.807) is 17.4 Å². The molecule has 1 aliphatic heterocycles. The van der Waals surface area contributed by atoms with Gasteiger partial charge in [-0.3, -0.25) is 4.79 Å². The fraction of sp³-hybridized carbons (Fsp3) is 0.174. The minimum absolute atomic E-state index is 0.0948. The molecule has 3 nitrogen and oxygen atoms in total. The number of para-hydroxylation sites is 1. The maximum absolute atomic E-state index is 12.5. The molecule has 4 heteroatoms. The van der Waals surface area contributed by atoms with Crippen LogP contribution in [0.25, 0.3) is 16.5 Å². The van der Waals surface area contributed by atoms with Gasteiger partial charge >= 0.3 is 0 Å². The van der Waals surface area contributed by atoms with E-state index in [1.807, 2.05) is 35.2 Å². The molecular formula is C23H22N2OS. The Bertz CT molecular complexity index is 910. The molecule has 3 aromatic rings. The number of piperazine rings is 1. The maximum atomic E-state index is 12.5. The van der Waals surface area contributed by atoms with Crippen LogP contribution in [0, 0.1) is 0 Å². The van der Waals surface area contributed by atoms with E-state index in [1.165, 1.54) is 16.1 Å². The largest absolute Gasteiger partial charge is 0.368 e. The molecule has 1 aliphatic rings. The third-order valence-electron chi connectivity index (χ3n) is 4.79. The second kappa shape index (κ2) is 8.23. The van der Waals surface area contributed by atoms with Crippen molar-refractivity contribution in [1.82, 2.24) is 4.90 Å². The molecule has 4 rings (SSSR count). The van der Waals surface area contributed by atoms with E-state index in [-0.39, 0.29) is 5.91 Å². The number of hydrogen-bond acceptors (Lipinski definition) is 3. The minimum atomic E-state index is 0.0948. The zero-order valence-corrected chi connectivity index (χ0v) is 15.9. The summed E-state index contributed by atoms with van der Waals surface area (Å²) in [7, 11) is 0. The van der Waals surface area contributed by atoms with Crippen LogP contribution in [0.5, 0.6) is 0 Å². The summed E-state index contributed by atoms with van der Waals surface area (Å²) in [6, 6.07) is 24.9. The zero-order chi connectivity index (χ0) is 18.5. The van der Waals surface area contributed by atoms with Gasteiger partial charge in [-0.25, -0.2) is 0 Å². The second-order valence-corrected chi connectivity index (χ2v) is 7.66. The lowest BCUT2D eigenvalue weighted by molar-refractivity contribution is -0.126. The Labute approximate surface area is 164 Å². The van der Waals surface area contributed by atoms with Crippen molar-refractivity contribution in [2.24, 2.45) is 0 Å². The fourth-order valence-electron chi connectivity index (χ4n) is 3.28. The van der Waals surface area contributed by atoms with Gasteiger partial charge in [0.2, 0.25) is 5.91 Å². The normalized spacial score (nSPS) is 14.7. The van der Waals surface area contributed by atoms with Gasteiger partial charge in [0.1, 0.15) is 0 Å². The van der Waals surface area contributed by atoms with Gasteiger partial charge in [0.15, 0.2) is 0 Å². The van der Waals surface area contributed by atoms with E-state index < -0.39 is 0 Å². The molecule has 0 atom stereocenters. The quantitative estimate of drug-likeness (QED) is 0.614. The van der Waals surface area contributed by atoms with Gasteiger partial charge in [0.05, 0.1) is 0 Å². The molecule has 1 amide bonds. The Morgan fingerprint density at radius 1 is 0.815 bits per heavy atom. The lowest BCUT2D eigenvalue weighted by atomic mass is 10.2. The van der Waals surface area contributed by atoms with Crippen LogP contribution >= 0.6 is 11.3 Å². The Morgan fingerprint density at radius 3 is 2.19 bits per heavy atom. The third kappa shape index (κ3) is 4.29. The topological polar surface area (TPSA) is 23.6 Å². The molecule has 0 saturated carbocycles. The molecular weight excluding hydrogens is 352 g/mol. The predicted octanol–water partition coefficient (Wildman–Crippen LogP) is 4.78. The van der Waals surface area contributed by atoms with Crippen molar-refractivity contribution in [3.8, 4) is 10.4 Å². The molecule has 2 aromatic carbocycles. The summed E-state index contributed by atoms with van der Waals surface area (Å²) in [4.78, 5) is 19.1. The van der Waals surface area contributed by atoms with Crippen molar-refractivity contribution >= 4 is 29.0 Å². The Kier molecular flexibility index (Phi) is 5.35. The Morgan fingerprint density at radius 2 is 1.48 bits per heavy atom. The standard InChI is InChI=1S/C23H22N2OS/c26-23(25-17-15-24(16-18-25)20-9-5-2-6-10-20)14-12-21-11-13-22(27-21)19-7-3-1-4-8-19/h1-14H,15-18H2/b14-12+. The molecule has 0 radical (unpaired) electrons. The van der Waals surface area contributed by atoms with Gasteiger partial charge in [0, 0.05) is 47.7 Å². The highest BCUT2D eigenvalue weighted by Crippen LogP contribution is 2.28. The summed E-state index contributed by atoms with van der Waals surface area (Å²) in [5.74, 6) is 0.0948. The first-order chi connectivity index (χ1) is 13.3. The monoisotopic (exact) mass is 374 g/mol. The van der Waals surface area contributed by atoms with Crippen LogP contribution in [0.15, 0.2) is 78.9 Å². The molecule has 0 N–H and O–H groups in total. The summed E-state index contributed by atoms with van der Waals surface area (Å²) in [6.45, 7) is 3.27. The Hall–Kier alpha value is -2.85. The highest BCUT2D eigenvalue weighted by Gasteiger charge is 2.19. The first kappa shape index (κ1) is 17.6. The number of hydrogen-bond donors (Lipinski definition) is 0. The summed E-state index contributed by atoms with van der Waals surface area (Å²) in [6.07, 6.45) is 3.64. The molecule has 1 fully saturated rings. The van der Waals surface area contributed by atoms with Crippen molar-refractivity contribution in [3.05, 3.63) is 83.7 Å². The molecule has 0 unspecified atom stereocenters. The maximum Gasteiger partial charge on any atom is 0.246 e. The number of carbonyl (C=O) groups excluding carboxylic acids is 1. The SMILES string of the molecule is O=C(/C=C/c1ccc(-c2ccccc2)s1)N1CCN(c2ccccc2)CC1. The van der Waals surface area contributed by atoms with E-state index in [2.05, 4.69) is 53.4 Å². The van der Waals surface area contributed by atoms with E-state index in [4.69, 9.17) is 0 Å². The molecule has 2 heterocycles. The summed E-state index contributed by atoms with van der Waals surface area (Å²) in [5, 5.41) is 0. The van der Waals surface area contributed by atoms with Gasteiger partial charge in [-0.05, 0) is 35.9 Å². The number of amides is 1. The van der Waals surface area contributed by atoms with Crippen LogP contribution in [0.1, 0.15) is 4.88 Å². The van der Waals surface area contributed by atoms with E-state index in [0.717, 1.165) is 31.1 Å². The van der Waals surface area contributed by atoms with Crippen LogP contribution in [-0.2, 0) is 4.79 Å². The van der Waals surface area contributed by atoms with Gasteiger partial charge in [-0.15, -0.1) is 11.3 Å². The van der Waals surface area contributed by atoms with Gasteiger partial charge in [0.25, 0.3) is 0 Å². The lowest BCUT2D eigenvalue weighted by Gasteiger charge is -2.35. The van der Waals surface area contributed by atoms with Crippen LogP contribution in [0.4, 0.5) is 5.69 Å². The van der Waals surface area contributed by atoms with Crippen molar-refractivity contribution in [1.29, 1.82) is 0 Å². The fourth-order valence-corrected chi connectivity index (χ4v) is 4.20. The van der Waals surface area contributed by atoms with Crippen molar-refractivity contribution in [3.63, 3.8) is 0 Å². The third-order valence-corrected chi connectivity index (χ3v) is 5.89. The van der Waals surface area contributed by atoms with Crippen molar-refractivity contribution in [2.75, 3.05) is 31.1 Å². The minimum Gasteiger partial charge on any atom is -0.368 e. The molecule has 27 heavy (non-hydrogen) atoms. The molecule has 1 aromatic heterocycles. The van der Waals surface area contributed by atoms with Crippen LogP contribution < -0.4 is 4.90 Å². The number of anilines is 1. The number of nitrogens with zero attached hydrogens (tertiary/aromatic N) is 2. The van der Waals surface area contributed by atoms with E-state index in [0.29, 0.717) is 0 Å². The van der Waals surface area contributed by atoms with Crippen LogP contribution in [0.3, 0.4) is 0 Å². The second-order valence-electron chi connectivity index (χ2n) is 6.55. The van der Waals surface area contributed by atoms with Crippen molar-refractivity contribution < 1.29 is 4.79 Å². The predicted molar refractivity (Wildman–Crippen MR) is 114 cm³/mol. The Balaban J connectivity index is 1.34. The summed E-state index contributed by atoms with van der Waals surface area (Å²) < 4.78 is 0. The average Bonchev–Trinajstić information content (AvgIpc) is 3.22. The number of benzene rings is 2. The highest BCUT2D eigenvalue weighted by molar-refractivity contribution is 7.16.